The van der Waals surface area contributed by atoms with E-state index in [2.05, 4.69) is 5.59 Å². The van der Waals surface area contributed by atoms with Gasteiger partial charge < -0.3 is 0 Å². The van der Waals surface area contributed by atoms with Crippen LogP contribution in [0.2, 0.25) is 0 Å². The molecule has 0 aromatic carbocycles. The zero-order chi connectivity index (χ0) is 2.00. The maximum atomic E-state index is 7.50. The van der Waals surface area contributed by atoms with Crippen LogP contribution in [-0.2, 0) is 19.5 Å². The fourth-order valence-corrected chi connectivity index (χ4v) is 0. The summed E-state index contributed by atoms with van der Waals surface area (Å²) < 4.78 is 0. The summed E-state index contributed by atoms with van der Waals surface area (Å²) in [5, 5.41) is 0. The van der Waals surface area contributed by atoms with Gasteiger partial charge in [0.15, 0.2) is 0 Å². The molecule has 0 aliphatic heterocycles. The van der Waals surface area contributed by atoms with Gasteiger partial charge in [-0.1, -0.05) is 5.59 Å². The first-order valence-electron chi connectivity index (χ1n) is 0.204. The Kier molecular flexibility index (Phi) is 241. The zero-order valence-corrected chi connectivity index (χ0v) is 2.88. The van der Waals surface area contributed by atoms with E-state index in [0.717, 1.165) is 0 Å². The summed E-state index contributed by atoms with van der Waals surface area (Å²) in [4.78, 5) is 7.50. The van der Waals surface area contributed by atoms with E-state index < -0.39 is 0 Å². The Morgan fingerprint density at radius 3 is 0.833 bits per heavy atom. The van der Waals surface area contributed by atoms with Crippen molar-refractivity contribution in [3.8, 4) is 0 Å². The summed E-state index contributed by atoms with van der Waals surface area (Å²) in [5.74, 6) is 0. The van der Waals surface area contributed by atoms with Crippen LogP contribution in [0.1, 0.15) is 0 Å². The summed E-state index contributed by atoms with van der Waals surface area (Å²) >= 11 is 0. The van der Waals surface area contributed by atoms with Crippen molar-refractivity contribution in [2.45, 2.75) is 0 Å². The standard InChI is InChI=1S/HNO.3Na.Rh.3H/c1-2;;;;;;;/h1H;;;;;;;. The molecular weight excluding hydrogens is 202 g/mol. The van der Waals surface area contributed by atoms with E-state index in [0.29, 0.717) is 0 Å². The summed E-state index contributed by atoms with van der Waals surface area (Å²) in [6, 6.07) is 0. The van der Waals surface area contributed by atoms with Gasteiger partial charge in [0.1, 0.15) is 0 Å². The molecule has 0 saturated carbocycles. The normalized spacial score (nSPS) is 0.667. The zero-order valence-electron chi connectivity index (χ0n) is 1.24. The third-order valence-electron chi connectivity index (χ3n) is 0. The van der Waals surface area contributed by atoms with Crippen LogP contribution in [0.25, 0.3) is 0 Å². The van der Waals surface area contributed by atoms with E-state index in [4.69, 9.17) is 4.91 Å². The van der Waals surface area contributed by atoms with Crippen molar-refractivity contribution in [3.63, 3.8) is 0 Å². The smallest absolute Gasteiger partial charge is 0 e. The van der Waals surface area contributed by atoms with E-state index in [1.54, 1.807) is 0 Å². The summed E-state index contributed by atoms with van der Waals surface area (Å²) in [6.07, 6.45) is 0. The van der Waals surface area contributed by atoms with Crippen LogP contribution in [-0.4, -0.2) is 88.7 Å². The van der Waals surface area contributed by atoms with Crippen LogP contribution in [0.15, 0.2) is 0 Å². The summed E-state index contributed by atoms with van der Waals surface area (Å²) in [7, 11) is 0. The molecule has 2 nitrogen and oxygen atoms in total. The monoisotopic (exact) mass is 206 g/mol. The molecule has 0 aromatic rings. The van der Waals surface area contributed by atoms with Crippen LogP contribution >= 0.6 is 0 Å². The van der Waals surface area contributed by atoms with Crippen LogP contribution in [0, 0.1) is 10.5 Å². The summed E-state index contributed by atoms with van der Waals surface area (Å²) in [6.45, 7) is 0. The van der Waals surface area contributed by atoms with E-state index in [-0.39, 0.29) is 108 Å². The van der Waals surface area contributed by atoms with E-state index in [1.165, 1.54) is 0 Å². The molecule has 6 heavy (non-hydrogen) atoms. The molecule has 0 aliphatic carbocycles. The van der Waals surface area contributed by atoms with Gasteiger partial charge in [0.05, 0.1) is 0 Å². The number of hydrogen-bond acceptors (Lipinski definition) is 2. The maximum absolute atomic E-state index is 7.50. The molecular formula is H4NNa3ORh. The van der Waals surface area contributed by atoms with Gasteiger partial charge in [-0.2, -0.15) is 4.91 Å². The molecule has 0 bridgehead atoms. The molecule has 0 unspecified atom stereocenters. The van der Waals surface area contributed by atoms with E-state index in [9.17, 15) is 0 Å². The average Bonchev–Trinajstić information content (AvgIpc) is 1.00. The van der Waals surface area contributed by atoms with Crippen molar-refractivity contribution in [2.24, 2.45) is 0 Å². The quantitative estimate of drug-likeness (QED) is 0.375. The minimum atomic E-state index is 0. The third kappa shape index (κ3) is 26.9. The fraction of sp³-hybridized carbons (Fsp3) is 0. The predicted octanol–water partition coefficient (Wildman–Crippen LogP) is -1.62. The van der Waals surface area contributed by atoms with Gasteiger partial charge in [0.25, 0.3) is 0 Å². The second-order valence-corrected chi connectivity index (χ2v) is 0. The van der Waals surface area contributed by atoms with Crippen LogP contribution in [0.3, 0.4) is 0 Å². The number of hydrogen-bond donors (Lipinski definition) is 1. The van der Waals surface area contributed by atoms with Crippen LogP contribution in [0.4, 0.5) is 0 Å². The van der Waals surface area contributed by atoms with Crippen molar-refractivity contribution in [3.05, 3.63) is 4.91 Å². The first kappa shape index (κ1) is 35.0. The molecule has 0 spiro atoms. The van der Waals surface area contributed by atoms with Crippen LogP contribution in [0.5, 0.6) is 0 Å². The van der Waals surface area contributed by atoms with Gasteiger partial charge in [-0.25, -0.2) is 0 Å². The van der Waals surface area contributed by atoms with Gasteiger partial charge >= 0.3 is 88.7 Å². The molecule has 0 atom stereocenters. The number of rotatable bonds is 0. The largest absolute Gasteiger partial charge is 0 e. The molecule has 0 aliphatic rings. The SMILES string of the molecule is N=O.[NaH].[NaH].[NaH].[Rh]. The second-order valence-electron chi connectivity index (χ2n) is 0. The molecule has 0 aromatic heterocycles. The van der Waals surface area contributed by atoms with Crippen molar-refractivity contribution in [2.75, 3.05) is 0 Å². The van der Waals surface area contributed by atoms with Gasteiger partial charge in [0.2, 0.25) is 0 Å². The Hall–Kier alpha value is 3.22. The van der Waals surface area contributed by atoms with E-state index >= 15 is 0 Å². The molecule has 0 fully saturated rings. The summed E-state index contributed by atoms with van der Waals surface area (Å²) in [5.41, 5.74) is 4.50. The molecule has 27 valence electrons. The Morgan fingerprint density at radius 1 is 0.833 bits per heavy atom. The van der Waals surface area contributed by atoms with Crippen LogP contribution < -0.4 is 0 Å². The molecule has 0 saturated heterocycles. The molecule has 0 rings (SSSR count). The number of nitrogens with one attached hydrogen (secondary N) is 1. The molecule has 1 N–H and O–H groups in total. The minimum Gasteiger partial charge on any atom is 0 e. The van der Waals surface area contributed by atoms with Gasteiger partial charge in [0, 0.05) is 19.5 Å². The number of nitroso groups, excluding NO2 is 1. The Labute approximate surface area is 116 Å². The second kappa shape index (κ2) is 41.3. The average molecular weight is 206 g/mol. The molecule has 1 radical (unpaired) electrons. The predicted molar refractivity (Wildman–Crippen MR) is 27.5 cm³/mol. The first-order valence-corrected chi connectivity index (χ1v) is 0.204. The van der Waals surface area contributed by atoms with Gasteiger partial charge in [-0.3, -0.25) is 0 Å². The Bertz CT molecular complexity index is 10.8. The Morgan fingerprint density at radius 2 is 0.833 bits per heavy atom. The van der Waals surface area contributed by atoms with Gasteiger partial charge in [-0.15, -0.1) is 0 Å². The van der Waals surface area contributed by atoms with E-state index in [1.807, 2.05) is 0 Å². The van der Waals surface area contributed by atoms with Crippen molar-refractivity contribution in [1.82, 2.24) is 0 Å². The molecule has 6 heteroatoms. The topological polar surface area (TPSA) is 40.9 Å². The van der Waals surface area contributed by atoms with Crippen molar-refractivity contribution < 1.29 is 19.5 Å². The van der Waals surface area contributed by atoms with Gasteiger partial charge in [-0.05, 0) is 0 Å². The fourth-order valence-electron chi connectivity index (χ4n) is 0. The third-order valence-corrected chi connectivity index (χ3v) is 0. The molecule has 0 amide bonds. The Balaban J connectivity index is -0.000000000833. The first-order chi connectivity index (χ1) is 1.00. The minimum absolute atomic E-state index is 0. The molecule has 0 heterocycles. The van der Waals surface area contributed by atoms with Crippen molar-refractivity contribution in [1.29, 1.82) is 5.59 Å². The van der Waals surface area contributed by atoms with Crippen molar-refractivity contribution >= 4 is 88.7 Å². The maximum Gasteiger partial charge on any atom is 0 e.